The molecule has 1 heterocycles. The summed E-state index contributed by atoms with van der Waals surface area (Å²) in [6, 6.07) is 17.6. The number of fused-ring (bicyclic) bond motifs is 1. The Bertz CT molecular complexity index is 1090. The summed E-state index contributed by atoms with van der Waals surface area (Å²) >= 11 is 0. The molecule has 0 spiro atoms. The van der Waals surface area contributed by atoms with Crippen LogP contribution in [-0.2, 0) is 13.1 Å². The second kappa shape index (κ2) is 8.90. The molecule has 0 unspecified atom stereocenters. The standard InChI is InChI=1S/C23H22N4O/c1-3-27-21(14-20-13-18(16-25-2)8-11-22(20)27)5-4-12-26-23(28)19-9-6-17(15-24)7-10-19/h6-11,13-14,25H,3,12,16H2,1-2H3,(H,26,28)/p+1. The van der Waals surface area contributed by atoms with E-state index in [0.717, 1.165) is 18.8 Å². The van der Waals surface area contributed by atoms with E-state index in [1.165, 1.54) is 16.5 Å². The van der Waals surface area contributed by atoms with Crippen LogP contribution in [-0.4, -0.2) is 24.1 Å². The lowest BCUT2D eigenvalue weighted by atomic mass is 10.1. The van der Waals surface area contributed by atoms with Crippen molar-refractivity contribution in [1.29, 1.82) is 0 Å². The number of rotatable bonds is 5. The van der Waals surface area contributed by atoms with Gasteiger partial charge in [-0.3, -0.25) is 4.79 Å². The summed E-state index contributed by atoms with van der Waals surface area (Å²) in [5.74, 6) is 6.04. The molecule has 0 saturated heterocycles. The maximum Gasteiger partial charge on any atom is 0.308 e. The van der Waals surface area contributed by atoms with Crippen molar-refractivity contribution in [2.45, 2.75) is 20.0 Å². The molecule has 28 heavy (non-hydrogen) atoms. The Morgan fingerprint density at radius 1 is 1.14 bits per heavy atom. The van der Waals surface area contributed by atoms with Crippen LogP contribution in [0.15, 0.2) is 48.5 Å². The fourth-order valence-electron chi connectivity index (χ4n) is 3.14. The van der Waals surface area contributed by atoms with E-state index in [4.69, 9.17) is 5.26 Å². The van der Waals surface area contributed by atoms with Gasteiger partial charge in [0.1, 0.15) is 5.56 Å². The first kappa shape index (κ1) is 19.2. The topological polar surface area (TPSA) is 69.9 Å². The number of aromatic nitrogens is 1. The maximum absolute atomic E-state index is 12.2. The molecule has 0 fully saturated rings. The van der Waals surface area contributed by atoms with Crippen LogP contribution in [0.4, 0.5) is 0 Å². The second-order valence-corrected chi connectivity index (χ2v) is 6.38. The van der Waals surface area contributed by atoms with Crippen LogP contribution in [0.25, 0.3) is 10.9 Å². The highest BCUT2D eigenvalue weighted by Gasteiger charge is 2.07. The smallest absolute Gasteiger partial charge is 0.308 e. The van der Waals surface area contributed by atoms with Gasteiger partial charge in [-0.15, -0.1) is 0 Å². The summed E-state index contributed by atoms with van der Waals surface area (Å²) in [6.07, 6.45) is 0. The zero-order valence-electron chi connectivity index (χ0n) is 16.1. The molecule has 140 valence electrons. The molecule has 0 radical (unpaired) electrons. The number of carbonyl (C=O) groups excluding carboxylic acids is 1. The average molecular weight is 371 g/mol. The van der Waals surface area contributed by atoms with E-state index in [0.29, 0.717) is 11.1 Å². The van der Waals surface area contributed by atoms with Gasteiger partial charge in [0.15, 0.2) is 0 Å². The number of nitrogens with one attached hydrogen (secondary N) is 3. The van der Waals surface area contributed by atoms with Crippen LogP contribution in [0.2, 0.25) is 0 Å². The van der Waals surface area contributed by atoms with Crippen molar-refractivity contribution in [3.05, 3.63) is 70.9 Å². The normalized spacial score (nSPS) is 10.2. The van der Waals surface area contributed by atoms with Crippen LogP contribution >= 0.6 is 0 Å². The third kappa shape index (κ3) is 4.23. The molecule has 0 aliphatic rings. The molecular weight excluding hydrogens is 348 g/mol. The number of carbonyl (C=O) groups is 1. The van der Waals surface area contributed by atoms with Crippen LogP contribution in [0, 0.1) is 17.9 Å². The number of benzene rings is 2. The second-order valence-electron chi connectivity index (χ2n) is 6.38. The zero-order chi connectivity index (χ0) is 19.9. The molecule has 2 aromatic carbocycles. The van der Waals surface area contributed by atoms with Crippen molar-refractivity contribution in [2.24, 2.45) is 0 Å². The third-order valence-corrected chi connectivity index (χ3v) is 4.51. The van der Waals surface area contributed by atoms with Gasteiger partial charge in [0.25, 0.3) is 5.91 Å². The first-order chi connectivity index (χ1) is 13.7. The number of nitrogens with zero attached hydrogens (tertiary/aromatic N) is 1. The number of aryl methyl sites for hydroxylation is 1. The minimum Gasteiger partial charge on any atom is -0.341 e. The Balaban J connectivity index is 1.71. The molecule has 5 nitrogen and oxygen atoms in total. The predicted octanol–water partition coefficient (Wildman–Crippen LogP) is 1.28. The lowest BCUT2D eigenvalue weighted by Crippen LogP contribution is -2.23. The van der Waals surface area contributed by atoms with Gasteiger partial charge >= 0.3 is 6.07 Å². The monoisotopic (exact) mass is 371 g/mol. The third-order valence-electron chi connectivity index (χ3n) is 4.51. The van der Waals surface area contributed by atoms with E-state index >= 15 is 0 Å². The Labute approximate surface area is 165 Å². The minimum atomic E-state index is -0.182. The van der Waals surface area contributed by atoms with Gasteiger partial charge in [-0.05, 0) is 67.9 Å². The highest BCUT2D eigenvalue weighted by atomic mass is 16.1. The molecule has 3 N–H and O–H groups in total. The molecule has 1 amide bonds. The Kier molecular flexibility index (Phi) is 6.11. The van der Waals surface area contributed by atoms with Crippen molar-refractivity contribution in [2.75, 3.05) is 13.6 Å². The van der Waals surface area contributed by atoms with E-state index in [2.05, 4.69) is 64.3 Å². The molecule has 1 aromatic heterocycles. The summed E-state index contributed by atoms with van der Waals surface area (Å²) in [4.78, 5) is 12.2. The Morgan fingerprint density at radius 2 is 1.93 bits per heavy atom. The fraction of sp³-hybridized carbons (Fsp3) is 0.217. The average Bonchev–Trinajstić information content (AvgIpc) is 3.08. The minimum absolute atomic E-state index is 0.182. The first-order valence-electron chi connectivity index (χ1n) is 9.23. The summed E-state index contributed by atoms with van der Waals surface area (Å²) in [5.41, 5.74) is 4.53. The van der Waals surface area contributed by atoms with Gasteiger partial charge in [0.05, 0.1) is 12.2 Å². The summed E-state index contributed by atoms with van der Waals surface area (Å²) in [7, 11) is 1.94. The number of amides is 1. The highest BCUT2D eigenvalue weighted by molar-refractivity contribution is 5.94. The van der Waals surface area contributed by atoms with Crippen LogP contribution in [0.5, 0.6) is 0 Å². The molecule has 0 saturated carbocycles. The highest BCUT2D eigenvalue weighted by Crippen LogP contribution is 2.21. The molecule has 0 atom stereocenters. The molecule has 5 heteroatoms. The van der Waals surface area contributed by atoms with Gasteiger partial charge in [-0.2, -0.15) is 0 Å². The number of hydrogen-bond acceptors (Lipinski definition) is 2. The van der Waals surface area contributed by atoms with Gasteiger partial charge in [-0.1, -0.05) is 17.2 Å². The Morgan fingerprint density at radius 3 is 2.61 bits per heavy atom. The first-order valence-corrected chi connectivity index (χ1v) is 9.23. The Hall–Kier alpha value is -3.54. The van der Waals surface area contributed by atoms with E-state index in [1.807, 2.05) is 7.05 Å². The van der Waals surface area contributed by atoms with E-state index in [-0.39, 0.29) is 12.5 Å². The molecule has 3 rings (SSSR count). The van der Waals surface area contributed by atoms with Crippen LogP contribution < -0.4 is 15.9 Å². The van der Waals surface area contributed by atoms with Gasteiger partial charge < -0.3 is 15.2 Å². The SMILES string of the molecule is CCn1c(C#CCNC(=O)c2ccc(C#[NH+])cc2)cc2cc(CNC)ccc21. The van der Waals surface area contributed by atoms with Crippen molar-refractivity contribution in [3.63, 3.8) is 0 Å². The van der Waals surface area contributed by atoms with Gasteiger partial charge in [-0.25, -0.2) is 0 Å². The summed E-state index contributed by atoms with van der Waals surface area (Å²) in [6.45, 7) is 4.04. The maximum atomic E-state index is 12.2. The molecule has 3 aromatic rings. The molecular formula is C23H23N4O+. The summed E-state index contributed by atoms with van der Waals surface area (Å²) in [5, 5.41) is 14.2. The molecule has 0 aliphatic heterocycles. The summed E-state index contributed by atoms with van der Waals surface area (Å²) < 4.78 is 2.18. The van der Waals surface area contributed by atoms with Crippen molar-refractivity contribution >= 4 is 16.8 Å². The van der Waals surface area contributed by atoms with Gasteiger partial charge in [0.2, 0.25) is 0 Å². The van der Waals surface area contributed by atoms with Crippen molar-refractivity contribution < 1.29 is 10.1 Å². The van der Waals surface area contributed by atoms with Crippen LogP contribution in [0.1, 0.15) is 34.1 Å². The lowest BCUT2D eigenvalue weighted by Gasteiger charge is -2.04. The molecule has 0 aliphatic carbocycles. The van der Waals surface area contributed by atoms with Crippen LogP contribution in [0.3, 0.4) is 0 Å². The molecule has 0 bridgehead atoms. The lowest BCUT2D eigenvalue weighted by molar-refractivity contribution is -0.0909. The van der Waals surface area contributed by atoms with E-state index in [1.54, 1.807) is 24.3 Å². The van der Waals surface area contributed by atoms with E-state index < -0.39 is 0 Å². The fourth-order valence-corrected chi connectivity index (χ4v) is 3.14. The largest absolute Gasteiger partial charge is 0.341 e. The zero-order valence-corrected chi connectivity index (χ0v) is 16.1. The van der Waals surface area contributed by atoms with Gasteiger partial charge in [0, 0.05) is 29.6 Å². The van der Waals surface area contributed by atoms with E-state index in [9.17, 15) is 4.79 Å². The van der Waals surface area contributed by atoms with Crippen molar-refractivity contribution in [1.82, 2.24) is 15.2 Å². The van der Waals surface area contributed by atoms with Crippen molar-refractivity contribution in [3.8, 4) is 17.9 Å². The quantitative estimate of drug-likeness (QED) is 0.592. The predicted molar refractivity (Wildman–Crippen MR) is 110 cm³/mol. The number of hydrogen-bond donors (Lipinski definition) is 3.